The first-order valence-electron chi connectivity index (χ1n) is 6.55. The topological polar surface area (TPSA) is 12.0 Å². The largest absolute Gasteiger partial charge is 0.316 e. The van der Waals surface area contributed by atoms with Crippen molar-refractivity contribution in [2.75, 3.05) is 13.1 Å². The standard InChI is InChI=1S/C13H25N/c1-11-2-4-12(5-3-11)8-9-14-10-13-6-7-13/h11-14H,2-10H2,1H3. The second kappa shape index (κ2) is 5.16. The Hall–Kier alpha value is -0.0400. The van der Waals surface area contributed by atoms with Gasteiger partial charge in [0.1, 0.15) is 0 Å². The van der Waals surface area contributed by atoms with Crippen LogP contribution in [0.4, 0.5) is 0 Å². The van der Waals surface area contributed by atoms with E-state index in [4.69, 9.17) is 0 Å². The molecule has 2 fully saturated rings. The van der Waals surface area contributed by atoms with Gasteiger partial charge in [0.2, 0.25) is 0 Å². The predicted octanol–water partition coefficient (Wildman–Crippen LogP) is 3.20. The summed E-state index contributed by atoms with van der Waals surface area (Å²) in [6.07, 6.45) is 10.3. The van der Waals surface area contributed by atoms with Crippen LogP contribution in [0, 0.1) is 17.8 Å². The zero-order valence-electron chi connectivity index (χ0n) is 9.60. The Kier molecular flexibility index (Phi) is 3.86. The van der Waals surface area contributed by atoms with E-state index in [9.17, 15) is 0 Å². The molecule has 0 aliphatic heterocycles. The van der Waals surface area contributed by atoms with Crippen LogP contribution in [-0.4, -0.2) is 13.1 Å². The van der Waals surface area contributed by atoms with Crippen LogP contribution in [0.3, 0.4) is 0 Å². The summed E-state index contributed by atoms with van der Waals surface area (Å²) in [5, 5.41) is 3.61. The van der Waals surface area contributed by atoms with Crippen molar-refractivity contribution in [2.24, 2.45) is 17.8 Å². The first-order chi connectivity index (χ1) is 6.84. The third kappa shape index (κ3) is 3.61. The van der Waals surface area contributed by atoms with E-state index in [1.54, 1.807) is 0 Å². The Labute approximate surface area is 88.7 Å². The van der Waals surface area contributed by atoms with Crippen molar-refractivity contribution in [3.05, 3.63) is 0 Å². The smallest absolute Gasteiger partial charge is 0.00205 e. The first-order valence-corrected chi connectivity index (χ1v) is 6.55. The fourth-order valence-corrected chi connectivity index (χ4v) is 2.55. The Morgan fingerprint density at radius 3 is 2.21 bits per heavy atom. The average Bonchev–Trinajstić information content (AvgIpc) is 2.99. The minimum absolute atomic E-state index is 1.01. The molecule has 0 unspecified atom stereocenters. The third-order valence-corrected chi connectivity index (χ3v) is 3.99. The summed E-state index contributed by atoms with van der Waals surface area (Å²) in [6.45, 7) is 4.97. The van der Waals surface area contributed by atoms with Crippen LogP contribution in [0.2, 0.25) is 0 Å². The minimum atomic E-state index is 1.01. The Balaban J connectivity index is 1.47. The van der Waals surface area contributed by atoms with Crippen LogP contribution < -0.4 is 5.32 Å². The predicted molar refractivity (Wildman–Crippen MR) is 61.3 cm³/mol. The Morgan fingerprint density at radius 2 is 1.57 bits per heavy atom. The highest BCUT2D eigenvalue weighted by Gasteiger charge is 2.21. The zero-order chi connectivity index (χ0) is 9.80. The highest BCUT2D eigenvalue weighted by atomic mass is 14.9. The van der Waals surface area contributed by atoms with Crippen LogP contribution in [-0.2, 0) is 0 Å². The molecule has 0 aromatic heterocycles. The van der Waals surface area contributed by atoms with Gasteiger partial charge in [-0.3, -0.25) is 0 Å². The maximum Gasteiger partial charge on any atom is -0.00205 e. The summed E-state index contributed by atoms with van der Waals surface area (Å²) >= 11 is 0. The molecular weight excluding hydrogens is 170 g/mol. The van der Waals surface area contributed by atoms with E-state index in [1.165, 1.54) is 58.0 Å². The van der Waals surface area contributed by atoms with Crippen molar-refractivity contribution in [1.82, 2.24) is 5.32 Å². The number of hydrogen-bond acceptors (Lipinski definition) is 1. The van der Waals surface area contributed by atoms with Crippen molar-refractivity contribution in [3.63, 3.8) is 0 Å². The van der Waals surface area contributed by atoms with Crippen LogP contribution >= 0.6 is 0 Å². The van der Waals surface area contributed by atoms with Gasteiger partial charge in [-0.25, -0.2) is 0 Å². The summed E-state index contributed by atoms with van der Waals surface area (Å²) in [5.74, 6) is 3.09. The molecule has 2 aliphatic carbocycles. The molecule has 2 saturated carbocycles. The van der Waals surface area contributed by atoms with Crippen molar-refractivity contribution in [2.45, 2.75) is 51.9 Å². The van der Waals surface area contributed by atoms with E-state index < -0.39 is 0 Å². The van der Waals surface area contributed by atoms with Gasteiger partial charge in [-0.15, -0.1) is 0 Å². The molecule has 82 valence electrons. The lowest BCUT2D eigenvalue weighted by Gasteiger charge is -2.26. The minimum Gasteiger partial charge on any atom is -0.316 e. The maximum atomic E-state index is 3.61. The van der Waals surface area contributed by atoms with E-state index in [0.717, 1.165) is 17.8 Å². The highest BCUT2D eigenvalue weighted by molar-refractivity contribution is 4.76. The van der Waals surface area contributed by atoms with Gasteiger partial charge >= 0.3 is 0 Å². The van der Waals surface area contributed by atoms with Gasteiger partial charge in [0.15, 0.2) is 0 Å². The van der Waals surface area contributed by atoms with Crippen molar-refractivity contribution in [1.29, 1.82) is 0 Å². The molecule has 0 heterocycles. The van der Waals surface area contributed by atoms with Gasteiger partial charge < -0.3 is 5.32 Å². The van der Waals surface area contributed by atoms with Gasteiger partial charge in [-0.1, -0.05) is 32.6 Å². The molecule has 0 amide bonds. The van der Waals surface area contributed by atoms with Crippen molar-refractivity contribution in [3.8, 4) is 0 Å². The molecule has 1 heteroatoms. The van der Waals surface area contributed by atoms with Crippen LogP contribution in [0.25, 0.3) is 0 Å². The normalized spacial score (nSPS) is 33.2. The van der Waals surface area contributed by atoms with Gasteiger partial charge in [0, 0.05) is 0 Å². The molecule has 2 aliphatic rings. The quantitative estimate of drug-likeness (QED) is 0.664. The summed E-state index contributed by atoms with van der Waals surface area (Å²) in [5.41, 5.74) is 0. The van der Waals surface area contributed by atoms with Gasteiger partial charge in [0.25, 0.3) is 0 Å². The second-order valence-electron chi connectivity index (χ2n) is 5.56. The summed E-state index contributed by atoms with van der Waals surface area (Å²) in [4.78, 5) is 0. The monoisotopic (exact) mass is 195 g/mol. The second-order valence-corrected chi connectivity index (χ2v) is 5.56. The Morgan fingerprint density at radius 1 is 0.929 bits per heavy atom. The summed E-state index contributed by atoms with van der Waals surface area (Å²) in [6, 6.07) is 0. The summed E-state index contributed by atoms with van der Waals surface area (Å²) < 4.78 is 0. The molecule has 0 aromatic carbocycles. The van der Waals surface area contributed by atoms with Crippen LogP contribution in [0.15, 0.2) is 0 Å². The molecule has 0 radical (unpaired) electrons. The molecule has 0 aromatic rings. The fourth-order valence-electron chi connectivity index (χ4n) is 2.55. The molecule has 0 spiro atoms. The molecule has 0 saturated heterocycles. The van der Waals surface area contributed by atoms with E-state index in [1.807, 2.05) is 0 Å². The molecule has 0 bridgehead atoms. The van der Waals surface area contributed by atoms with E-state index in [0.29, 0.717) is 0 Å². The van der Waals surface area contributed by atoms with Gasteiger partial charge in [-0.2, -0.15) is 0 Å². The zero-order valence-corrected chi connectivity index (χ0v) is 9.60. The number of nitrogens with one attached hydrogen (secondary N) is 1. The average molecular weight is 195 g/mol. The van der Waals surface area contributed by atoms with Crippen molar-refractivity contribution >= 4 is 0 Å². The SMILES string of the molecule is CC1CCC(CCNCC2CC2)CC1. The molecule has 14 heavy (non-hydrogen) atoms. The van der Waals surface area contributed by atoms with E-state index >= 15 is 0 Å². The third-order valence-electron chi connectivity index (χ3n) is 3.99. The van der Waals surface area contributed by atoms with Crippen LogP contribution in [0.1, 0.15) is 51.9 Å². The molecule has 1 nitrogen and oxygen atoms in total. The number of rotatable bonds is 5. The van der Waals surface area contributed by atoms with Gasteiger partial charge in [0.05, 0.1) is 0 Å². The molecule has 0 atom stereocenters. The van der Waals surface area contributed by atoms with Crippen LogP contribution in [0.5, 0.6) is 0 Å². The first kappa shape index (κ1) is 10.5. The molecule has 1 N–H and O–H groups in total. The lowest BCUT2D eigenvalue weighted by Crippen LogP contribution is -2.22. The van der Waals surface area contributed by atoms with E-state index in [-0.39, 0.29) is 0 Å². The lowest BCUT2D eigenvalue weighted by molar-refractivity contribution is 0.275. The van der Waals surface area contributed by atoms with Crippen molar-refractivity contribution < 1.29 is 0 Å². The fraction of sp³-hybridized carbons (Fsp3) is 1.00. The Bertz CT molecular complexity index is 155. The lowest BCUT2D eigenvalue weighted by atomic mass is 9.81. The maximum absolute atomic E-state index is 3.61. The molecule has 2 rings (SSSR count). The molecular formula is C13H25N. The highest BCUT2D eigenvalue weighted by Crippen LogP contribution is 2.30. The van der Waals surface area contributed by atoms with Gasteiger partial charge in [-0.05, 0) is 50.1 Å². The van der Waals surface area contributed by atoms with E-state index in [2.05, 4.69) is 12.2 Å². The number of hydrogen-bond donors (Lipinski definition) is 1. The summed E-state index contributed by atoms with van der Waals surface area (Å²) in [7, 11) is 0.